The predicted octanol–water partition coefficient (Wildman–Crippen LogP) is 5.17. The molecule has 2 aliphatic rings. The van der Waals surface area contributed by atoms with E-state index < -0.39 is 5.82 Å². The summed E-state index contributed by atoms with van der Waals surface area (Å²) in [6.45, 7) is 3.31. The van der Waals surface area contributed by atoms with E-state index in [1.807, 2.05) is 24.5 Å². The molecule has 4 aromatic heterocycles. The molecule has 0 aromatic carbocycles. The SMILES string of the molecule is Cc1cnc(Nc2cc(-c3nc(N(C)C4CCOCC4)c4c(C5CC5)cncc4n3)ccn2)c(F)c1. The zero-order valence-corrected chi connectivity index (χ0v) is 20.4. The summed E-state index contributed by atoms with van der Waals surface area (Å²) in [5.41, 5.74) is 3.59. The lowest BCUT2D eigenvalue weighted by Gasteiger charge is -2.33. The first kappa shape index (κ1) is 22.7. The van der Waals surface area contributed by atoms with E-state index in [0.29, 0.717) is 23.6 Å². The highest BCUT2D eigenvalue weighted by Crippen LogP contribution is 2.45. The standard InChI is InChI=1S/C27H28FN7O/c1-16-11-21(28)26(31-13-16)33-23-12-18(5-8-30-23)25-32-22-15-29-14-20(17-3-4-17)24(22)27(34-25)35(2)19-6-9-36-10-7-19/h5,8,11-15,17,19H,3-4,6-7,9-10H2,1-2H3,(H,30,31,33). The van der Waals surface area contributed by atoms with Crippen LogP contribution in [-0.4, -0.2) is 51.2 Å². The van der Waals surface area contributed by atoms with E-state index >= 15 is 0 Å². The number of hydrogen-bond acceptors (Lipinski definition) is 8. The van der Waals surface area contributed by atoms with Crippen LogP contribution in [0.15, 0.2) is 43.0 Å². The molecule has 0 atom stereocenters. The maximum Gasteiger partial charge on any atom is 0.167 e. The molecule has 0 amide bonds. The number of nitrogens with one attached hydrogen (secondary N) is 1. The molecule has 0 spiro atoms. The first-order valence-electron chi connectivity index (χ1n) is 12.4. The van der Waals surface area contributed by atoms with Gasteiger partial charge in [0, 0.05) is 55.8 Å². The van der Waals surface area contributed by atoms with Gasteiger partial charge in [-0.2, -0.15) is 0 Å². The summed E-state index contributed by atoms with van der Waals surface area (Å²) in [5, 5.41) is 4.07. The lowest BCUT2D eigenvalue weighted by atomic mass is 10.0. The third-order valence-electron chi connectivity index (χ3n) is 6.95. The molecule has 0 radical (unpaired) electrons. The third kappa shape index (κ3) is 4.46. The molecule has 5 heterocycles. The molecule has 9 heteroatoms. The van der Waals surface area contributed by atoms with Crippen LogP contribution in [0.1, 0.15) is 42.7 Å². The molecule has 1 saturated carbocycles. The van der Waals surface area contributed by atoms with Crippen molar-refractivity contribution in [2.24, 2.45) is 0 Å². The van der Waals surface area contributed by atoms with E-state index in [1.165, 1.54) is 24.5 Å². The van der Waals surface area contributed by atoms with Gasteiger partial charge in [-0.05, 0) is 67.9 Å². The fourth-order valence-electron chi connectivity index (χ4n) is 4.81. The van der Waals surface area contributed by atoms with Gasteiger partial charge >= 0.3 is 0 Å². The number of pyridine rings is 3. The summed E-state index contributed by atoms with van der Waals surface area (Å²) in [4.78, 5) is 25.3. The molecule has 2 fully saturated rings. The summed E-state index contributed by atoms with van der Waals surface area (Å²) in [6, 6.07) is 5.46. The highest BCUT2D eigenvalue weighted by Gasteiger charge is 2.30. The average Bonchev–Trinajstić information content (AvgIpc) is 3.75. The lowest BCUT2D eigenvalue weighted by Crippen LogP contribution is -2.37. The second-order valence-corrected chi connectivity index (χ2v) is 9.62. The van der Waals surface area contributed by atoms with Gasteiger partial charge in [-0.1, -0.05) is 0 Å². The Morgan fingerprint density at radius 2 is 1.86 bits per heavy atom. The molecular weight excluding hydrogens is 457 g/mol. The second kappa shape index (κ2) is 9.39. The van der Waals surface area contributed by atoms with Crippen LogP contribution >= 0.6 is 0 Å². The fourth-order valence-corrected chi connectivity index (χ4v) is 4.81. The monoisotopic (exact) mass is 485 g/mol. The van der Waals surface area contributed by atoms with Crippen LogP contribution in [0.3, 0.4) is 0 Å². The van der Waals surface area contributed by atoms with Gasteiger partial charge in [-0.15, -0.1) is 0 Å². The zero-order chi connectivity index (χ0) is 24.6. The number of rotatable bonds is 6. The molecule has 36 heavy (non-hydrogen) atoms. The molecule has 1 aliphatic carbocycles. The Morgan fingerprint density at radius 3 is 2.64 bits per heavy atom. The van der Waals surface area contributed by atoms with Crippen molar-refractivity contribution in [3.63, 3.8) is 0 Å². The van der Waals surface area contributed by atoms with Gasteiger partial charge in [-0.25, -0.2) is 24.3 Å². The van der Waals surface area contributed by atoms with Crippen molar-refractivity contribution >= 4 is 28.4 Å². The lowest BCUT2D eigenvalue weighted by molar-refractivity contribution is 0.0854. The van der Waals surface area contributed by atoms with Crippen LogP contribution in [0, 0.1) is 12.7 Å². The minimum atomic E-state index is -0.428. The molecule has 184 valence electrons. The molecular formula is C27H28FN7O. The van der Waals surface area contributed by atoms with Gasteiger partial charge in [0.2, 0.25) is 0 Å². The Morgan fingerprint density at radius 1 is 1.03 bits per heavy atom. The van der Waals surface area contributed by atoms with Gasteiger partial charge in [0.05, 0.1) is 11.7 Å². The molecule has 1 N–H and O–H groups in total. The first-order chi connectivity index (χ1) is 17.6. The smallest absolute Gasteiger partial charge is 0.167 e. The number of aryl methyl sites for hydroxylation is 1. The Labute approximate surface area is 209 Å². The summed E-state index contributed by atoms with van der Waals surface area (Å²) in [5.74, 6) is 2.19. The predicted molar refractivity (Wildman–Crippen MR) is 137 cm³/mol. The molecule has 8 nitrogen and oxygen atoms in total. The van der Waals surface area contributed by atoms with Crippen molar-refractivity contribution in [3.05, 3.63) is 59.9 Å². The van der Waals surface area contributed by atoms with Gasteiger partial charge in [0.25, 0.3) is 0 Å². The molecule has 1 aliphatic heterocycles. The van der Waals surface area contributed by atoms with E-state index in [2.05, 4.69) is 32.2 Å². The summed E-state index contributed by atoms with van der Waals surface area (Å²) in [7, 11) is 2.12. The van der Waals surface area contributed by atoms with Crippen molar-refractivity contribution in [2.75, 3.05) is 30.5 Å². The normalized spacial score (nSPS) is 16.3. The van der Waals surface area contributed by atoms with Crippen molar-refractivity contribution < 1.29 is 9.13 Å². The minimum Gasteiger partial charge on any atom is -0.381 e. The fraction of sp³-hybridized carbons (Fsp3) is 0.370. The number of nitrogens with zero attached hydrogens (tertiary/aromatic N) is 6. The second-order valence-electron chi connectivity index (χ2n) is 9.62. The Hall–Kier alpha value is -3.72. The van der Waals surface area contributed by atoms with Crippen LogP contribution in [0.5, 0.6) is 0 Å². The van der Waals surface area contributed by atoms with Crippen LogP contribution in [0.2, 0.25) is 0 Å². The minimum absolute atomic E-state index is 0.128. The van der Waals surface area contributed by atoms with Gasteiger partial charge in [0.1, 0.15) is 11.6 Å². The Kier molecular flexibility index (Phi) is 5.92. The molecule has 6 rings (SSSR count). The molecule has 1 saturated heterocycles. The Bertz CT molecular complexity index is 1420. The number of fused-ring (bicyclic) bond motifs is 1. The van der Waals surface area contributed by atoms with Crippen molar-refractivity contribution in [1.82, 2.24) is 24.9 Å². The van der Waals surface area contributed by atoms with E-state index in [0.717, 1.165) is 53.9 Å². The van der Waals surface area contributed by atoms with Gasteiger partial charge in [0.15, 0.2) is 17.5 Å². The van der Waals surface area contributed by atoms with Crippen molar-refractivity contribution in [1.29, 1.82) is 0 Å². The zero-order valence-electron chi connectivity index (χ0n) is 20.4. The van der Waals surface area contributed by atoms with Crippen molar-refractivity contribution in [3.8, 4) is 11.4 Å². The molecule has 4 aromatic rings. The van der Waals surface area contributed by atoms with Gasteiger partial charge in [-0.3, -0.25) is 4.98 Å². The molecule has 0 unspecified atom stereocenters. The highest BCUT2D eigenvalue weighted by molar-refractivity contribution is 5.94. The Balaban J connectivity index is 1.42. The van der Waals surface area contributed by atoms with E-state index in [-0.39, 0.29) is 5.82 Å². The number of aromatic nitrogens is 5. The van der Waals surface area contributed by atoms with Crippen LogP contribution in [-0.2, 0) is 4.74 Å². The molecule has 0 bridgehead atoms. The van der Waals surface area contributed by atoms with Crippen LogP contribution in [0.25, 0.3) is 22.3 Å². The highest BCUT2D eigenvalue weighted by atomic mass is 19.1. The number of anilines is 3. The van der Waals surface area contributed by atoms with E-state index in [9.17, 15) is 4.39 Å². The number of ether oxygens (including phenoxy) is 1. The maximum atomic E-state index is 14.4. The van der Waals surface area contributed by atoms with Gasteiger partial charge < -0.3 is 15.0 Å². The number of hydrogen-bond donors (Lipinski definition) is 1. The average molecular weight is 486 g/mol. The first-order valence-corrected chi connectivity index (χ1v) is 12.4. The maximum absolute atomic E-state index is 14.4. The summed E-state index contributed by atoms with van der Waals surface area (Å²) in [6.07, 6.45) is 11.3. The van der Waals surface area contributed by atoms with E-state index in [1.54, 1.807) is 19.3 Å². The largest absolute Gasteiger partial charge is 0.381 e. The summed E-state index contributed by atoms with van der Waals surface area (Å²) >= 11 is 0. The summed E-state index contributed by atoms with van der Waals surface area (Å²) < 4.78 is 20.0. The van der Waals surface area contributed by atoms with E-state index in [4.69, 9.17) is 14.7 Å². The quantitative estimate of drug-likeness (QED) is 0.400. The van der Waals surface area contributed by atoms with Crippen LogP contribution in [0.4, 0.5) is 21.8 Å². The van der Waals surface area contributed by atoms with Crippen LogP contribution < -0.4 is 10.2 Å². The third-order valence-corrected chi connectivity index (χ3v) is 6.95. The topological polar surface area (TPSA) is 89.0 Å². The number of halogens is 1. The van der Waals surface area contributed by atoms with Crippen molar-refractivity contribution in [2.45, 2.75) is 44.6 Å².